The number of hydrogen-bond acceptors (Lipinski definition) is 5. The van der Waals surface area contributed by atoms with Gasteiger partial charge in [0.05, 0.1) is 17.7 Å². The minimum atomic E-state index is -4.12. The number of nitrogens with one attached hydrogen (secondary N) is 1. The van der Waals surface area contributed by atoms with Gasteiger partial charge in [-0.1, -0.05) is 23.8 Å². The maximum absolute atomic E-state index is 13.0. The van der Waals surface area contributed by atoms with Gasteiger partial charge in [0.15, 0.2) is 0 Å². The first kappa shape index (κ1) is 19.9. The third-order valence-electron chi connectivity index (χ3n) is 4.65. The Morgan fingerprint density at radius 2 is 1.75 bits per heavy atom. The van der Waals surface area contributed by atoms with Crippen LogP contribution in [-0.4, -0.2) is 37.7 Å². The molecule has 1 aliphatic rings. The van der Waals surface area contributed by atoms with E-state index in [1.165, 1.54) is 19.2 Å². The molecule has 2 amide bonds. The first-order valence-corrected chi connectivity index (χ1v) is 10.3. The quantitative estimate of drug-likeness (QED) is 0.830. The van der Waals surface area contributed by atoms with E-state index in [0.29, 0.717) is 15.7 Å². The van der Waals surface area contributed by atoms with Crippen LogP contribution in [0.4, 0.5) is 5.69 Å². The smallest absolute Gasteiger partial charge is 0.267 e. The Morgan fingerprint density at radius 3 is 2.39 bits per heavy atom. The third-order valence-corrected chi connectivity index (χ3v) is 6.50. The van der Waals surface area contributed by atoms with Crippen molar-refractivity contribution in [3.05, 3.63) is 53.6 Å². The molecule has 0 saturated carbocycles. The van der Waals surface area contributed by atoms with Crippen molar-refractivity contribution in [3.8, 4) is 5.75 Å². The van der Waals surface area contributed by atoms with Crippen molar-refractivity contribution in [2.24, 2.45) is 0 Å². The molecule has 148 valence electrons. The molecule has 0 spiro atoms. The zero-order valence-corrected chi connectivity index (χ0v) is 16.7. The van der Waals surface area contributed by atoms with Crippen molar-refractivity contribution >= 4 is 27.5 Å². The van der Waals surface area contributed by atoms with Crippen molar-refractivity contribution in [2.45, 2.75) is 37.6 Å². The van der Waals surface area contributed by atoms with Gasteiger partial charge >= 0.3 is 0 Å². The molecule has 0 unspecified atom stereocenters. The van der Waals surface area contributed by atoms with E-state index in [4.69, 9.17) is 4.74 Å². The fourth-order valence-corrected chi connectivity index (χ4v) is 4.76. The van der Waals surface area contributed by atoms with Gasteiger partial charge in [-0.15, -0.1) is 0 Å². The molecule has 1 fully saturated rings. The summed E-state index contributed by atoms with van der Waals surface area (Å²) in [6.07, 6.45) is 0.123. The molecule has 0 aromatic heterocycles. The lowest BCUT2D eigenvalue weighted by molar-refractivity contribution is -0.128. The van der Waals surface area contributed by atoms with Gasteiger partial charge in [-0.3, -0.25) is 9.59 Å². The molecule has 0 aliphatic carbocycles. The molecule has 8 heteroatoms. The summed E-state index contributed by atoms with van der Waals surface area (Å²) in [6.45, 7) is 3.70. The van der Waals surface area contributed by atoms with Gasteiger partial charge in [0.1, 0.15) is 11.8 Å². The molecule has 1 N–H and O–H groups in total. The number of aryl methyl sites for hydroxylation is 2. The molecule has 0 radical (unpaired) electrons. The summed E-state index contributed by atoms with van der Waals surface area (Å²) >= 11 is 0. The average molecular weight is 402 g/mol. The number of carbonyl (C=O) groups excluding carboxylic acids is 2. The lowest BCUT2D eigenvalue weighted by Crippen LogP contribution is -2.45. The topological polar surface area (TPSA) is 92.8 Å². The van der Waals surface area contributed by atoms with Gasteiger partial charge in [0, 0.05) is 6.42 Å². The van der Waals surface area contributed by atoms with E-state index >= 15 is 0 Å². The van der Waals surface area contributed by atoms with Gasteiger partial charge in [-0.2, -0.15) is 0 Å². The van der Waals surface area contributed by atoms with E-state index in [0.717, 1.165) is 11.1 Å². The Morgan fingerprint density at radius 1 is 1.11 bits per heavy atom. The minimum Gasteiger partial charge on any atom is -0.495 e. The summed E-state index contributed by atoms with van der Waals surface area (Å²) in [6, 6.07) is 10.4. The number of methoxy groups -OCH3 is 1. The standard InChI is InChI=1S/C20H22N2O5S/c1-13-4-7-15(8-5-13)28(25,26)22-17(9-11-19(22)23)20(24)21-16-12-14(2)6-10-18(16)27-3/h4-8,10,12,17H,9,11H2,1-3H3,(H,21,24)/t17-/m1/s1. The van der Waals surface area contributed by atoms with Crippen molar-refractivity contribution in [2.75, 3.05) is 12.4 Å². The van der Waals surface area contributed by atoms with Crippen LogP contribution in [0.15, 0.2) is 47.4 Å². The van der Waals surface area contributed by atoms with Crippen LogP contribution >= 0.6 is 0 Å². The van der Waals surface area contributed by atoms with Crippen LogP contribution in [0.3, 0.4) is 0 Å². The molecular formula is C20H22N2O5S. The lowest BCUT2D eigenvalue weighted by Gasteiger charge is -2.24. The zero-order chi connectivity index (χ0) is 20.5. The van der Waals surface area contributed by atoms with E-state index < -0.39 is 27.9 Å². The number of sulfonamides is 1. The Labute approximate surface area is 164 Å². The molecule has 28 heavy (non-hydrogen) atoms. The molecule has 7 nitrogen and oxygen atoms in total. The highest BCUT2D eigenvalue weighted by Gasteiger charge is 2.44. The van der Waals surface area contributed by atoms with Crippen LogP contribution in [0.1, 0.15) is 24.0 Å². The number of anilines is 1. The second-order valence-electron chi connectivity index (χ2n) is 6.76. The summed E-state index contributed by atoms with van der Waals surface area (Å²) in [4.78, 5) is 25.2. The van der Waals surface area contributed by atoms with Crippen LogP contribution in [-0.2, 0) is 19.6 Å². The summed E-state index contributed by atoms with van der Waals surface area (Å²) in [5, 5.41) is 2.71. The molecular weight excluding hydrogens is 380 g/mol. The Hall–Kier alpha value is -2.87. The normalized spacial score (nSPS) is 16.9. The third kappa shape index (κ3) is 3.73. The van der Waals surface area contributed by atoms with E-state index in [-0.39, 0.29) is 17.7 Å². The maximum Gasteiger partial charge on any atom is 0.267 e. The predicted molar refractivity (Wildman–Crippen MR) is 105 cm³/mol. The SMILES string of the molecule is COc1ccc(C)cc1NC(=O)[C@H]1CCC(=O)N1S(=O)(=O)c1ccc(C)cc1. The van der Waals surface area contributed by atoms with E-state index in [1.54, 1.807) is 24.3 Å². The van der Waals surface area contributed by atoms with Gasteiger partial charge in [0.25, 0.3) is 10.0 Å². The maximum atomic E-state index is 13.0. The molecule has 1 atom stereocenters. The van der Waals surface area contributed by atoms with Crippen molar-refractivity contribution in [3.63, 3.8) is 0 Å². The van der Waals surface area contributed by atoms with Crippen LogP contribution < -0.4 is 10.1 Å². The minimum absolute atomic E-state index is 0.00582. The van der Waals surface area contributed by atoms with Crippen molar-refractivity contribution in [1.82, 2.24) is 4.31 Å². The van der Waals surface area contributed by atoms with E-state index in [9.17, 15) is 18.0 Å². The number of hydrogen-bond donors (Lipinski definition) is 1. The summed E-state index contributed by atoms with van der Waals surface area (Å²) in [7, 11) is -2.64. The molecule has 2 aromatic carbocycles. The first-order valence-electron chi connectivity index (χ1n) is 8.83. The molecule has 1 saturated heterocycles. The Bertz CT molecular complexity index is 1020. The van der Waals surface area contributed by atoms with Crippen molar-refractivity contribution < 1.29 is 22.7 Å². The van der Waals surface area contributed by atoms with Gasteiger partial charge in [-0.25, -0.2) is 12.7 Å². The monoisotopic (exact) mass is 402 g/mol. The number of nitrogens with zero attached hydrogens (tertiary/aromatic N) is 1. The molecule has 2 aromatic rings. The highest BCUT2D eigenvalue weighted by molar-refractivity contribution is 7.89. The number of carbonyl (C=O) groups is 2. The number of rotatable bonds is 5. The summed E-state index contributed by atoms with van der Waals surface area (Å²) in [5.74, 6) is -0.696. The van der Waals surface area contributed by atoms with Crippen LogP contribution in [0.2, 0.25) is 0 Å². The van der Waals surface area contributed by atoms with Crippen molar-refractivity contribution in [1.29, 1.82) is 0 Å². The van der Waals surface area contributed by atoms with E-state index in [2.05, 4.69) is 5.32 Å². The zero-order valence-electron chi connectivity index (χ0n) is 15.9. The average Bonchev–Trinajstić information content (AvgIpc) is 3.05. The fourth-order valence-electron chi connectivity index (χ4n) is 3.16. The number of ether oxygens (including phenoxy) is 1. The fraction of sp³-hybridized carbons (Fsp3) is 0.300. The highest BCUT2D eigenvalue weighted by Crippen LogP contribution is 2.30. The van der Waals surface area contributed by atoms with Gasteiger partial charge in [-0.05, 0) is 50.1 Å². The lowest BCUT2D eigenvalue weighted by atomic mass is 10.1. The molecule has 1 aliphatic heterocycles. The molecule has 1 heterocycles. The Kier molecular flexibility index (Phi) is 5.42. The Balaban J connectivity index is 1.91. The number of benzene rings is 2. The van der Waals surface area contributed by atoms with Crippen LogP contribution in [0.25, 0.3) is 0 Å². The first-order chi connectivity index (χ1) is 13.2. The van der Waals surface area contributed by atoms with Gasteiger partial charge < -0.3 is 10.1 Å². The van der Waals surface area contributed by atoms with Gasteiger partial charge in [0.2, 0.25) is 11.8 Å². The molecule has 0 bridgehead atoms. The largest absolute Gasteiger partial charge is 0.495 e. The van der Waals surface area contributed by atoms with Crippen LogP contribution in [0.5, 0.6) is 5.75 Å². The number of amides is 2. The summed E-state index contributed by atoms with van der Waals surface area (Å²) in [5.41, 5.74) is 2.23. The summed E-state index contributed by atoms with van der Waals surface area (Å²) < 4.78 is 32.0. The second kappa shape index (κ2) is 7.63. The second-order valence-corrected chi connectivity index (χ2v) is 8.57. The van der Waals surface area contributed by atoms with Crippen LogP contribution in [0, 0.1) is 13.8 Å². The molecule has 3 rings (SSSR count). The predicted octanol–water partition coefficient (Wildman–Crippen LogP) is 2.63. The van der Waals surface area contributed by atoms with E-state index in [1.807, 2.05) is 19.9 Å². The highest BCUT2D eigenvalue weighted by atomic mass is 32.2.